The summed E-state index contributed by atoms with van der Waals surface area (Å²) < 4.78 is 0. The molecule has 0 aromatic heterocycles. The van der Waals surface area contributed by atoms with Crippen LogP contribution >= 0.6 is 0 Å². The summed E-state index contributed by atoms with van der Waals surface area (Å²) in [6.45, 7) is 2.82. The third-order valence-corrected chi connectivity index (χ3v) is 5.05. The van der Waals surface area contributed by atoms with Crippen LogP contribution in [0.5, 0.6) is 5.75 Å². The van der Waals surface area contributed by atoms with Crippen molar-refractivity contribution in [1.29, 1.82) is 0 Å². The highest BCUT2D eigenvalue weighted by atomic mass is 16.4. The number of carbonyl (C=O) groups is 4. The van der Waals surface area contributed by atoms with E-state index in [1.165, 1.54) is 26.0 Å². The number of aliphatic hydroxyl groups is 1. The maximum Gasteiger partial charge on any atom is 0.326 e. The van der Waals surface area contributed by atoms with E-state index in [-0.39, 0.29) is 37.5 Å². The van der Waals surface area contributed by atoms with Crippen molar-refractivity contribution in [2.24, 2.45) is 22.2 Å². The number of hydrogen-bond acceptors (Lipinski definition) is 8. The normalized spacial score (nSPS) is 14.9. The zero-order valence-corrected chi connectivity index (χ0v) is 20.2. The number of amides is 3. The molecular formula is C22H35N7O7. The number of nitrogens with two attached hydrogens (primary N) is 3. The number of guanidine groups is 1. The van der Waals surface area contributed by atoms with Crippen molar-refractivity contribution in [3.8, 4) is 5.75 Å². The van der Waals surface area contributed by atoms with Crippen LogP contribution in [0.2, 0.25) is 0 Å². The molecule has 14 nitrogen and oxygen atoms in total. The molecule has 0 saturated carbocycles. The summed E-state index contributed by atoms with van der Waals surface area (Å²) in [7, 11) is 0. The van der Waals surface area contributed by atoms with Crippen molar-refractivity contribution in [2.45, 2.75) is 63.4 Å². The Morgan fingerprint density at radius 3 is 2.03 bits per heavy atom. The van der Waals surface area contributed by atoms with Crippen LogP contribution in [0.4, 0.5) is 0 Å². The monoisotopic (exact) mass is 509 g/mol. The van der Waals surface area contributed by atoms with E-state index in [1.807, 2.05) is 0 Å². The molecule has 3 amide bonds. The van der Waals surface area contributed by atoms with Gasteiger partial charge in [0.2, 0.25) is 17.7 Å². The minimum absolute atomic E-state index is 0.00769. The Morgan fingerprint density at radius 1 is 0.944 bits per heavy atom. The van der Waals surface area contributed by atoms with Gasteiger partial charge in [-0.05, 0) is 44.4 Å². The number of rotatable bonds is 14. The van der Waals surface area contributed by atoms with Crippen LogP contribution in [0, 0.1) is 0 Å². The fraction of sp³-hybridized carbons (Fsp3) is 0.500. The van der Waals surface area contributed by atoms with Crippen LogP contribution < -0.4 is 33.2 Å². The van der Waals surface area contributed by atoms with Gasteiger partial charge in [-0.25, -0.2) is 4.79 Å². The quantitative estimate of drug-likeness (QED) is 0.0709. The summed E-state index contributed by atoms with van der Waals surface area (Å²) >= 11 is 0. The number of carboxylic acids is 1. The van der Waals surface area contributed by atoms with Gasteiger partial charge in [-0.15, -0.1) is 0 Å². The topological polar surface area (TPSA) is 255 Å². The highest BCUT2D eigenvalue weighted by Gasteiger charge is 2.32. The van der Waals surface area contributed by atoms with Gasteiger partial charge < -0.3 is 48.5 Å². The van der Waals surface area contributed by atoms with Crippen molar-refractivity contribution in [2.75, 3.05) is 6.54 Å². The van der Waals surface area contributed by atoms with Gasteiger partial charge in [0.25, 0.3) is 0 Å². The lowest BCUT2D eigenvalue weighted by Crippen LogP contribution is -2.60. The van der Waals surface area contributed by atoms with E-state index in [9.17, 15) is 34.5 Å². The third kappa shape index (κ3) is 10.6. The van der Waals surface area contributed by atoms with Crippen LogP contribution in [0.25, 0.3) is 0 Å². The Hall–Kier alpha value is -3.91. The molecule has 0 aliphatic rings. The Kier molecular flexibility index (Phi) is 12.1. The van der Waals surface area contributed by atoms with E-state index in [1.54, 1.807) is 12.1 Å². The van der Waals surface area contributed by atoms with E-state index in [4.69, 9.17) is 17.2 Å². The molecule has 0 fully saturated rings. The predicted octanol–water partition coefficient (Wildman–Crippen LogP) is -2.74. The molecule has 36 heavy (non-hydrogen) atoms. The number of aliphatic imine (C=N–C) groups is 1. The first-order chi connectivity index (χ1) is 16.8. The maximum atomic E-state index is 13.0. The van der Waals surface area contributed by atoms with Gasteiger partial charge in [0.05, 0.1) is 12.1 Å². The highest BCUT2D eigenvalue weighted by molar-refractivity contribution is 5.94. The third-order valence-electron chi connectivity index (χ3n) is 5.05. The molecule has 0 aliphatic heterocycles. The van der Waals surface area contributed by atoms with Crippen LogP contribution in [-0.2, 0) is 25.6 Å². The van der Waals surface area contributed by atoms with Crippen molar-refractivity contribution in [3.63, 3.8) is 0 Å². The molecule has 0 radical (unpaired) electrons. The number of nitrogens with zero attached hydrogens (tertiary/aromatic N) is 1. The first-order valence-electron chi connectivity index (χ1n) is 11.2. The van der Waals surface area contributed by atoms with E-state index in [0.29, 0.717) is 5.56 Å². The minimum atomic E-state index is -1.52. The molecule has 1 rings (SSSR count). The summed E-state index contributed by atoms with van der Waals surface area (Å²) in [6, 6.07) is 0.954. The van der Waals surface area contributed by atoms with Crippen molar-refractivity contribution in [1.82, 2.24) is 16.0 Å². The zero-order chi connectivity index (χ0) is 27.4. The zero-order valence-electron chi connectivity index (χ0n) is 20.2. The molecule has 14 heteroatoms. The number of phenolic OH excluding ortho intramolecular Hbond substituents is 1. The average molecular weight is 510 g/mol. The molecule has 0 bridgehead atoms. The summed E-state index contributed by atoms with van der Waals surface area (Å²) in [6.07, 6.45) is -1.17. The number of benzene rings is 1. The van der Waals surface area contributed by atoms with Crippen LogP contribution in [0.1, 0.15) is 32.3 Å². The average Bonchev–Trinajstić information content (AvgIpc) is 2.79. The SMILES string of the molecule is CC(N)C(=O)NC(Cc1ccc(O)cc1)C(=O)NC(C(=O)NC(CCCN=C(N)N)C(=O)O)C(C)O. The van der Waals surface area contributed by atoms with Gasteiger partial charge in [-0.3, -0.25) is 19.4 Å². The Morgan fingerprint density at radius 2 is 1.53 bits per heavy atom. The smallest absolute Gasteiger partial charge is 0.326 e. The van der Waals surface area contributed by atoms with Crippen molar-refractivity contribution >= 4 is 29.7 Å². The number of aromatic hydroxyl groups is 1. The summed E-state index contributed by atoms with van der Waals surface area (Å²) in [5, 5.41) is 36.2. The minimum Gasteiger partial charge on any atom is -0.508 e. The molecule has 200 valence electrons. The lowest BCUT2D eigenvalue weighted by molar-refractivity contribution is -0.143. The van der Waals surface area contributed by atoms with Gasteiger partial charge in [0, 0.05) is 13.0 Å². The van der Waals surface area contributed by atoms with E-state index < -0.39 is 54.0 Å². The van der Waals surface area contributed by atoms with E-state index >= 15 is 0 Å². The number of hydrogen-bond donors (Lipinski definition) is 9. The fourth-order valence-corrected chi connectivity index (χ4v) is 3.06. The Balaban J connectivity index is 2.98. The first-order valence-corrected chi connectivity index (χ1v) is 11.2. The molecule has 1 aromatic carbocycles. The summed E-state index contributed by atoms with van der Waals surface area (Å²) in [5.74, 6) is -3.83. The van der Waals surface area contributed by atoms with Crippen molar-refractivity contribution < 1.29 is 34.5 Å². The Bertz CT molecular complexity index is 931. The predicted molar refractivity (Wildman–Crippen MR) is 130 cm³/mol. The number of aliphatic carboxylic acids is 1. The van der Waals surface area contributed by atoms with Crippen LogP contribution in [0.3, 0.4) is 0 Å². The fourth-order valence-electron chi connectivity index (χ4n) is 3.06. The molecule has 1 aromatic rings. The molecule has 0 heterocycles. The van der Waals surface area contributed by atoms with Crippen molar-refractivity contribution in [3.05, 3.63) is 29.8 Å². The Labute approximate surface area is 208 Å². The molecule has 12 N–H and O–H groups in total. The number of phenols is 1. The first kappa shape index (κ1) is 30.1. The van der Waals surface area contributed by atoms with Gasteiger partial charge in [0.15, 0.2) is 5.96 Å². The largest absolute Gasteiger partial charge is 0.508 e. The lowest BCUT2D eigenvalue weighted by atomic mass is 10.0. The second-order valence-electron chi connectivity index (χ2n) is 8.30. The van der Waals surface area contributed by atoms with E-state index in [2.05, 4.69) is 20.9 Å². The standard InChI is InChI=1S/C22H35N7O7/c1-11(23)18(32)28-16(10-13-5-7-14(31)8-6-13)19(33)29-17(12(2)30)20(34)27-15(21(35)36)4-3-9-26-22(24)25/h5-8,11-12,15-17,30-31H,3-4,9-10,23H2,1-2H3,(H,27,34)(H,28,32)(H,29,33)(H,35,36)(H4,24,25,26). The summed E-state index contributed by atoms with van der Waals surface area (Å²) in [5.41, 5.74) is 16.6. The molecule has 0 spiro atoms. The van der Waals surface area contributed by atoms with Gasteiger partial charge >= 0.3 is 5.97 Å². The molecular weight excluding hydrogens is 474 g/mol. The second kappa shape index (κ2) is 14.5. The second-order valence-corrected chi connectivity index (χ2v) is 8.30. The van der Waals surface area contributed by atoms with Crippen LogP contribution in [-0.4, -0.2) is 81.8 Å². The van der Waals surface area contributed by atoms with Gasteiger partial charge in [0.1, 0.15) is 23.9 Å². The molecule has 0 saturated heterocycles. The van der Waals surface area contributed by atoms with Gasteiger partial charge in [-0.1, -0.05) is 12.1 Å². The number of nitrogens with one attached hydrogen (secondary N) is 3. The number of carbonyl (C=O) groups excluding carboxylic acids is 3. The van der Waals surface area contributed by atoms with Gasteiger partial charge in [-0.2, -0.15) is 0 Å². The van der Waals surface area contributed by atoms with E-state index in [0.717, 1.165) is 0 Å². The molecule has 5 unspecified atom stereocenters. The number of aliphatic hydroxyl groups excluding tert-OH is 1. The van der Waals surface area contributed by atoms with Crippen LogP contribution in [0.15, 0.2) is 29.3 Å². The molecule has 0 aliphatic carbocycles. The molecule has 5 atom stereocenters. The highest BCUT2D eigenvalue weighted by Crippen LogP contribution is 2.12. The maximum absolute atomic E-state index is 13.0. The lowest BCUT2D eigenvalue weighted by Gasteiger charge is -2.26. The summed E-state index contributed by atoms with van der Waals surface area (Å²) in [4.78, 5) is 53.3. The number of carboxylic acid groups (broad SMARTS) is 1.